The van der Waals surface area contributed by atoms with Crippen molar-refractivity contribution in [3.63, 3.8) is 0 Å². The Bertz CT molecular complexity index is 1340. The van der Waals surface area contributed by atoms with Gasteiger partial charge in [-0.1, -0.05) is 54.6 Å². The van der Waals surface area contributed by atoms with Crippen molar-refractivity contribution in [2.45, 2.75) is 18.0 Å². The standard InChI is InChI=1S/C25H24N4O3S/c1-28(18-21-16-26-29(19-21)23-12-6-3-7-13-23)25(30)22-11-8-14-24(15-22)33(31,32)27-17-20-9-4-2-5-10-20/h2-16,19,27H,17-18H2,1H3. The molecule has 0 aliphatic heterocycles. The Morgan fingerprint density at radius 2 is 1.64 bits per heavy atom. The summed E-state index contributed by atoms with van der Waals surface area (Å²) in [5, 5.41) is 4.35. The molecule has 0 aliphatic rings. The molecule has 0 bridgehead atoms. The summed E-state index contributed by atoms with van der Waals surface area (Å²) in [5.41, 5.74) is 2.95. The number of benzene rings is 3. The second kappa shape index (κ2) is 9.81. The Balaban J connectivity index is 1.44. The molecule has 0 saturated carbocycles. The van der Waals surface area contributed by atoms with Crippen LogP contribution in [0.3, 0.4) is 0 Å². The fourth-order valence-corrected chi connectivity index (χ4v) is 4.45. The number of hydrogen-bond acceptors (Lipinski definition) is 4. The molecule has 168 valence electrons. The zero-order valence-corrected chi connectivity index (χ0v) is 18.9. The largest absolute Gasteiger partial charge is 0.337 e. The summed E-state index contributed by atoms with van der Waals surface area (Å²) in [5.74, 6) is -0.275. The maximum absolute atomic E-state index is 13.0. The van der Waals surface area contributed by atoms with Gasteiger partial charge in [0.25, 0.3) is 5.91 Å². The predicted octanol–water partition coefficient (Wildman–Crippen LogP) is 3.62. The van der Waals surface area contributed by atoms with Gasteiger partial charge in [-0.15, -0.1) is 0 Å². The molecule has 0 fully saturated rings. The Hall–Kier alpha value is -3.75. The van der Waals surface area contributed by atoms with Gasteiger partial charge >= 0.3 is 0 Å². The third-order valence-electron chi connectivity index (χ3n) is 5.12. The van der Waals surface area contributed by atoms with Gasteiger partial charge < -0.3 is 4.90 Å². The fourth-order valence-electron chi connectivity index (χ4n) is 3.38. The molecule has 0 saturated heterocycles. The molecule has 0 unspecified atom stereocenters. The Labute approximate surface area is 193 Å². The number of rotatable bonds is 8. The smallest absolute Gasteiger partial charge is 0.253 e. The van der Waals surface area contributed by atoms with Crippen molar-refractivity contribution in [3.8, 4) is 5.69 Å². The van der Waals surface area contributed by atoms with E-state index in [0.717, 1.165) is 16.8 Å². The number of nitrogens with one attached hydrogen (secondary N) is 1. The zero-order valence-electron chi connectivity index (χ0n) is 18.1. The molecular formula is C25H24N4O3S. The summed E-state index contributed by atoms with van der Waals surface area (Å²) in [7, 11) is -2.08. The first-order valence-corrected chi connectivity index (χ1v) is 11.9. The lowest BCUT2D eigenvalue weighted by Gasteiger charge is -2.17. The first kappa shape index (κ1) is 22.4. The molecule has 8 heteroatoms. The molecule has 0 spiro atoms. The van der Waals surface area contributed by atoms with Crippen LogP contribution in [0.1, 0.15) is 21.5 Å². The van der Waals surface area contributed by atoms with E-state index in [0.29, 0.717) is 12.1 Å². The number of sulfonamides is 1. The third-order valence-corrected chi connectivity index (χ3v) is 6.52. The predicted molar refractivity (Wildman–Crippen MR) is 126 cm³/mol. The van der Waals surface area contributed by atoms with Crippen LogP contribution in [-0.2, 0) is 23.1 Å². The summed E-state index contributed by atoms with van der Waals surface area (Å²) in [6, 6.07) is 25.0. The first-order valence-electron chi connectivity index (χ1n) is 10.4. The highest BCUT2D eigenvalue weighted by Gasteiger charge is 2.18. The van der Waals surface area contributed by atoms with Gasteiger partial charge in [0.05, 0.1) is 16.8 Å². The maximum atomic E-state index is 13.0. The highest BCUT2D eigenvalue weighted by molar-refractivity contribution is 7.89. The lowest BCUT2D eigenvalue weighted by molar-refractivity contribution is 0.0785. The molecule has 1 N–H and O–H groups in total. The van der Waals surface area contributed by atoms with Crippen molar-refractivity contribution >= 4 is 15.9 Å². The van der Waals surface area contributed by atoms with Crippen LogP contribution < -0.4 is 4.72 Å². The Kier molecular flexibility index (Phi) is 6.67. The van der Waals surface area contributed by atoms with E-state index in [1.807, 2.05) is 66.9 Å². The van der Waals surface area contributed by atoms with Crippen LogP contribution in [0.5, 0.6) is 0 Å². The Morgan fingerprint density at radius 3 is 2.36 bits per heavy atom. The van der Waals surface area contributed by atoms with E-state index in [2.05, 4.69) is 9.82 Å². The molecule has 1 aromatic heterocycles. The van der Waals surface area contributed by atoms with Gasteiger partial charge in [-0.25, -0.2) is 17.8 Å². The van der Waals surface area contributed by atoms with Gasteiger partial charge in [0.1, 0.15) is 0 Å². The second-order valence-corrected chi connectivity index (χ2v) is 9.39. The number of nitrogens with zero attached hydrogens (tertiary/aromatic N) is 3. The number of hydrogen-bond donors (Lipinski definition) is 1. The van der Waals surface area contributed by atoms with Gasteiger partial charge in [0.15, 0.2) is 0 Å². The van der Waals surface area contributed by atoms with Crippen molar-refractivity contribution in [3.05, 3.63) is 114 Å². The number of para-hydroxylation sites is 1. The van der Waals surface area contributed by atoms with E-state index < -0.39 is 10.0 Å². The molecule has 7 nitrogen and oxygen atoms in total. The van der Waals surface area contributed by atoms with Crippen LogP contribution in [-0.4, -0.2) is 36.1 Å². The zero-order chi connectivity index (χ0) is 23.3. The molecule has 0 atom stereocenters. The highest BCUT2D eigenvalue weighted by Crippen LogP contribution is 2.15. The van der Waals surface area contributed by atoms with Crippen LogP contribution in [0.25, 0.3) is 5.69 Å². The summed E-state index contributed by atoms with van der Waals surface area (Å²) in [4.78, 5) is 14.6. The van der Waals surface area contributed by atoms with Crippen molar-refractivity contribution in [2.75, 3.05) is 7.05 Å². The van der Waals surface area contributed by atoms with E-state index in [1.54, 1.807) is 30.1 Å². The topological polar surface area (TPSA) is 84.3 Å². The highest BCUT2D eigenvalue weighted by atomic mass is 32.2. The van der Waals surface area contributed by atoms with Gasteiger partial charge in [-0.05, 0) is 35.9 Å². The van der Waals surface area contributed by atoms with E-state index >= 15 is 0 Å². The minimum atomic E-state index is -3.76. The molecule has 0 radical (unpaired) electrons. The number of aromatic nitrogens is 2. The van der Waals surface area contributed by atoms with E-state index in [-0.39, 0.29) is 17.3 Å². The van der Waals surface area contributed by atoms with E-state index in [9.17, 15) is 13.2 Å². The molecule has 4 rings (SSSR count). The molecule has 1 amide bonds. The summed E-state index contributed by atoms with van der Waals surface area (Å²) >= 11 is 0. The molecule has 3 aromatic carbocycles. The van der Waals surface area contributed by atoms with Gasteiger partial charge in [0.2, 0.25) is 10.0 Å². The molecule has 4 aromatic rings. The third kappa shape index (κ3) is 5.54. The van der Waals surface area contributed by atoms with Crippen molar-refractivity contribution in [1.29, 1.82) is 0 Å². The van der Waals surface area contributed by atoms with Crippen LogP contribution in [0, 0.1) is 0 Å². The minimum absolute atomic E-state index is 0.0505. The fraction of sp³-hybridized carbons (Fsp3) is 0.120. The minimum Gasteiger partial charge on any atom is -0.337 e. The molecule has 0 aliphatic carbocycles. The average Bonchev–Trinajstić information content (AvgIpc) is 3.32. The van der Waals surface area contributed by atoms with Crippen LogP contribution >= 0.6 is 0 Å². The monoisotopic (exact) mass is 460 g/mol. The summed E-state index contributed by atoms with van der Waals surface area (Å²) in [6.07, 6.45) is 3.58. The second-order valence-electron chi connectivity index (χ2n) is 7.63. The Morgan fingerprint density at radius 1 is 0.939 bits per heavy atom. The molecule has 33 heavy (non-hydrogen) atoms. The lowest BCUT2D eigenvalue weighted by atomic mass is 10.2. The van der Waals surface area contributed by atoms with Crippen LogP contribution in [0.2, 0.25) is 0 Å². The summed E-state index contributed by atoms with van der Waals surface area (Å²) in [6.45, 7) is 0.515. The lowest BCUT2D eigenvalue weighted by Crippen LogP contribution is -2.27. The van der Waals surface area contributed by atoms with Gasteiger partial charge in [0, 0.05) is 37.5 Å². The van der Waals surface area contributed by atoms with Gasteiger partial charge in [-0.3, -0.25) is 4.79 Å². The molecular weight excluding hydrogens is 436 g/mol. The summed E-state index contributed by atoms with van der Waals surface area (Å²) < 4.78 is 29.8. The van der Waals surface area contributed by atoms with Crippen molar-refractivity contribution in [1.82, 2.24) is 19.4 Å². The van der Waals surface area contributed by atoms with E-state index in [1.165, 1.54) is 17.0 Å². The first-order chi connectivity index (χ1) is 15.9. The average molecular weight is 461 g/mol. The van der Waals surface area contributed by atoms with Crippen molar-refractivity contribution < 1.29 is 13.2 Å². The quantitative estimate of drug-likeness (QED) is 0.435. The molecule has 1 heterocycles. The number of carbonyl (C=O) groups is 1. The van der Waals surface area contributed by atoms with Crippen LogP contribution in [0.4, 0.5) is 0 Å². The van der Waals surface area contributed by atoms with E-state index in [4.69, 9.17) is 0 Å². The normalized spacial score (nSPS) is 11.3. The number of carbonyl (C=O) groups excluding carboxylic acids is 1. The SMILES string of the molecule is CN(Cc1cnn(-c2ccccc2)c1)C(=O)c1cccc(S(=O)(=O)NCc2ccccc2)c1. The van der Waals surface area contributed by atoms with Gasteiger partial charge in [-0.2, -0.15) is 5.10 Å². The van der Waals surface area contributed by atoms with Crippen molar-refractivity contribution in [2.24, 2.45) is 0 Å². The number of amides is 1. The van der Waals surface area contributed by atoms with Crippen LogP contribution in [0.15, 0.2) is 102 Å². The maximum Gasteiger partial charge on any atom is 0.253 e.